The van der Waals surface area contributed by atoms with Crippen molar-refractivity contribution in [1.29, 1.82) is 0 Å². The van der Waals surface area contributed by atoms with Gasteiger partial charge in [-0.1, -0.05) is 18.2 Å². The average Bonchev–Trinajstić information content (AvgIpc) is 2.48. The molecule has 5 nitrogen and oxygen atoms in total. The lowest BCUT2D eigenvalue weighted by Gasteiger charge is -2.08. The molecule has 110 valence electrons. The summed E-state index contributed by atoms with van der Waals surface area (Å²) in [4.78, 5) is 10.6. The second-order valence-electron chi connectivity index (χ2n) is 4.72. The highest BCUT2D eigenvalue weighted by Gasteiger charge is 2.15. The number of hydrogen-bond donors (Lipinski definition) is 0. The molecule has 0 aromatic heterocycles. The van der Waals surface area contributed by atoms with E-state index >= 15 is 0 Å². The molecule has 0 saturated heterocycles. The van der Waals surface area contributed by atoms with Gasteiger partial charge in [0.05, 0.1) is 11.5 Å². The first-order valence-corrected chi connectivity index (χ1v) is 6.61. The van der Waals surface area contributed by atoms with Gasteiger partial charge in [-0.25, -0.2) is 0 Å². The maximum absolute atomic E-state index is 11.0. The summed E-state index contributed by atoms with van der Waals surface area (Å²) in [5.74, 6) is 0.818. The molecule has 5 heteroatoms. The molecule has 21 heavy (non-hydrogen) atoms. The molecular formula is C16H17NO4. The Hall–Kier alpha value is -2.40. The Balaban J connectivity index is 2.16. The zero-order valence-corrected chi connectivity index (χ0v) is 12.0. The van der Waals surface area contributed by atoms with E-state index in [0.717, 1.165) is 17.5 Å². The standard InChI is InChI=1S/C16H17NO4/c1-12-3-8-16(15(11-12)17(18)19)21-14-6-4-13(5-7-14)9-10-20-2/h3-8,11H,9-10H2,1-2H3. The fourth-order valence-corrected chi connectivity index (χ4v) is 1.93. The van der Waals surface area contributed by atoms with Gasteiger partial charge in [0.1, 0.15) is 5.75 Å². The first-order valence-electron chi connectivity index (χ1n) is 6.61. The van der Waals surface area contributed by atoms with Crippen molar-refractivity contribution in [1.82, 2.24) is 0 Å². The van der Waals surface area contributed by atoms with Gasteiger partial charge in [0, 0.05) is 13.2 Å². The summed E-state index contributed by atoms with van der Waals surface area (Å²) >= 11 is 0. The summed E-state index contributed by atoms with van der Waals surface area (Å²) in [6, 6.07) is 12.4. The van der Waals surface area contributed by atoms with E-state index in [1.165, 1.54) is 6.07 Å². The van der Waals surface area contributed by atoms with Crippen molar-refractivity contribution in [3.63, 3.8) is 0 Å². The molecule has 0 fully saturated rings. The van der Waals surface area contributed by atoms with Gasteiger partial charge in [-0.3, -0.25) is 10.1 Å². The fourth-order valence-electron chi connectivity index (χ4n) is 1.93. The van der Waals surface area contributed by atoms with Crippen LogP contribution < -0.4 is 4.74 Å². The predicted molar refractivity (Wildman–Crippen MR) is 79.9 cm³/mol. The third-order valence-electron chi connectivity index (χ3n) is 3.06. The second-order valence-corrected chi connectivity index (χ2v) is 4.72. The molecule has 0 spiro atoms. The monoisotopic (exact) mass is 287 g/mol. The Bertz CT molecular complexity index is 623. The van der Waals surface area contributed by atoms with Gasteiger partial charge in [0.15, 0.2) is 0 Å². The molecule has 0 aliphatic heterocycles. The minimum Gasteiger partial charge on any atom is -0.450 e. The number of aryl methyl sites for hydroxylation is 1. The van der Waals surface area contributed by atoms with Gasteiger partial charge < -0.3 is 9.47 Å². The van der Waals surface area contributed by atoms with Gasteiger partial charge in [-0.2, -0.15) is 0 Å². The number of benzene rings is 2. The number of ether oxygens (including phenoxy) is 2. The zero-order chi connectivity index (χ0) is 15.2. The first kappa shape index (κ1) is 15.0. The Kier molecular flexibility index (Phi) is 4.90. The topological polar surface area (TPSA) is 61.6 Å². The van der Waals surface area contributed by atoms with Crippen LogP contribution in [0.2, 0.25) is 0 Å². The Morgan fingerprint density at radius 3 is 2.48 bits per heavy atom. The lowest BCUT2D eigenvalue weighted by atomic mass is 10.1. The number of methoxy groups -OCH3 is 1. The van der Waals surface area contributed by atoms with Crippen molar-refractivity contribution in [2.24, 2.45) is 0 Å². The Morgan fingerprint density at radius 1 is 1.14 bits per heavy atom. The van der Waals surface area contributed by atoms with E-state index in [1.807, 2.05) is 12.1 Å². The molecule has 0 unspecified atom stereocenters. The summed E-state index contributed by atoms with van der Waals surface area (Å²) < 4.78 is 10.6. The van der Waals surface area contributed by atoms with Gasteiger partial charge in [-0.15, -0.1) is 0 Å². The van der Waals surface area contributed by atoms with Crippen molar-refractivity contribution < 1.29 is 14.4 Å². The highest BCUT2D eigenvalue weighted by Crippen LogP contribution is 2.32. The lowest BCUT2D eigenvalue weighted by molar-refractivity contribution is -0.385. The lowest BCUT2D eigenvalue weighted by Crippen LogP contribution is -1.95. The van der Waals surface area contributed by atoms with Crippen LogP contribution in [0.15, 0.2) is 42.5 Å². The second kappa shape index (κ2) is 6.85. The van der Waals surface area contributed by atoms with E-state index in [2.05, 4.69) is 0 Å². The Labute approximate surface area is 123 Å². The summed E-state index contributed by atoms with van der Waals surface area (Å²) in [6.07, 6.45) is 0.821. The van der Waals surface area contributed by atoms with E-state index < -0.39 is 4.92 Å². The number of nitrogens with zero attached hydrogens (tertiary/aromatic N) is 1. The van der Waals surface area contributed by atoms with Crippen LogP contribution >= 0.6 is 0 Å². The number of hydrogen-bond acceptors (Lipinski definition) is 4. The molecule has 0 heterocycles. The molecule has 0 radical (unpaired) electrons. The third kappa shape index (κ3) is 4.03. The highest BCUT2D eigenvalue weighted by atomic mass is 16.6. The van der Waals surface area contributed by atoms with E-state index in [-0.39, 0.29) is 11.4 Å². The van der Waals surface area contributed by atoms with Crippen LogP contribution in [0, 0.1) is 17.0 Å². The van der Waals surface area contributed by atoms with Gasteiger partial charge in [0.2, 0.25) is 5.75 Å². The average molecular weight is 287 g/mol. The number of rotatable bonds is 6. The molecule has 2 aromatic carbocycles. The van der Waals surface area contributed by atoms with E-state index in [0.29, 0.717) is 12.4 Å². The maximum Gasteiger partial charge on any atom is 0.311 e. The minimum atomic E-state index is -0.435. The largest absolute Gasteiger partial charge is 0.450 e. The van der Waals surface area contributed by atoms with Gasteiger partial charge in [0.25, 0.3) is 0 Å². The summed E-state index contributed by atoms with van der Waals surface area (Å²) in [5.41, 5.74) is 1.92. The molecule has 2 aromatic rings. The maximum atomic E-state index is 11.0. The molecule has 0 amide bonds. The van der Waals surface area contributed by atoms with Crippen molar-refractivity contribution in [2.45, 2.75) is 13.3 Å². The summed E-state index contributed by atoms with van der Waals surface area (Å²) in [6.45, 7) is 2.46. The molecule has 0 N–H and O–H groups in total. The predicted octanol–water partition coefficient (Wildman–Crippen LogP) is 3.88. The zero-order valence-electron chi connectivity index (χ0n) is 12.0. The quantitative estimate of drug-likeness (QED) is 0.597. The molecule has 0 aliphatic carbocycles. The van der Waals surface area contributed by atoms with Crippen LogP contribution in [0.25, 0.3) is 0 Å². The summed E-state index contributed by atoms with van der Waals surface area (Å²) in [7, 11) is 1.66. The van der Waals surface area contributed by atoms with Crippen LogP contribution in [0.1, 0.15) is 11.1 Å². The van der Waals surface area contributed by atoms with Gasteiger partial charge in [-0.05, 0) is 42.7 Å². The van der Waals surface area contributed by atoms with Crippen molar-refractivity contribution in [3.8, 4) is 11.5 Å². The minimum absolute atomic E-state index is 0.0292. The van der Waals surface area contributed by atoms with E-state index in [9.17, 15) is 10.1 Å². The van der Waals surface area contributed by atoms with Crippen LogP contribution in [0.4, 0.5) is 5.69 Å². The summed E-state index contributed by atoms with van der Waals surface area (Å²) in [5, 5.41) is 11.0. The molecule has 0 aliphatic rings. The fraction of sp³-hybridized carbons (Fsp3) is 0.250. The van der Waals surface area contributed by atoms with E-state index in [1.54, 1.807) is 38.3 Å². The van der Waals surface area contributed by atoms with Crippen LogP contribution in [0.5, 0.6) is 11.5 Å². The first-order chi connectivity index (χ1) is 10.1. The van der Waals surface area contributed by atoms with Crippen LogP contribution in [-0.4, -0.2) is 18.6 Å². The molecule has 0 atom stereocenters. The normalized spacial score (nSPS) is 10.4. The molecule has 2 rings (SSSR count). The SMILES string of the molecule is COCCc1ccc(Oc2ccc(C)cc2[N+](=O)[O-])cc1. The van der Waals surface area contributed by atoms with Crippen LogP contribution in [-0.2, 0) is 11.2 Å². The number of nitro benzene ring substituents is 1. The molecule has 0 bridgehead atoms. The van der Waals surface area contributed by atoms with E-state index in [4.69, 9.17) is 9.47 Å². The van der Waals surface area contributed by atoms with Gasteiger partial charge >= 0.3 is 5.69 Å². The molecular weight excluding hydrogens is 270 g/mol. The third-order valence-corrected chi connectivity index (χ3v) is 3.06. The van der Waals surface area contributed by atoms with Crippen molar-refractivity contribution >= 4 is 5.69 Å². The Morgan fingerprint density at radius 2 is 1.86 bits per heavy atom. The number of nitro groups is 1. The van der Waals surface area contributed by atoms with Crippen molar-refractivity contribution in [3.05, 3.63) is 63.7 Å². The van der Waals surface area contributed by atoms with Crippen molar-refractivity contribution in [2.75, 3.05) is 13.7 Å². The highest BCUT2D eigenvalue weighted by molar-refractivity contribution is 5.50. The smallest absolute Gasteiger partial charge is 0.311 e. The van der Waals surface area contributed by atoms with Crippen LogP contribution in [0.3, 0.4) is 0 Å². The molecule has 0 saturated carbocycles.